The number of carbonyl (C=O) groups is 1. The molecular weight excluding hydrogens is 304 g/mol. The normalized spacial score (nSPS) is 11.5. The number of ether oxygens (including phenoxy) is 1. The predicted molar refractivity (Wildman–Crippen MR) is 81.4 cm³/mol. The summed E-state index contributed by atoms with van der Waals surface area (Å²) in [5.41, 5.74) is 1.72. The van der Waals surface area contributed by atoms with Gasteiger partial charge in [0.05, 0.1) is 22.9 Å². The molecule has 0 radical (unpaired) electrons. The van der Waals surface area contributed by atoms with E-state index >= 15 is 0 Å². The average Bonchev–Trinajstić information content (AvgIpc) is 2.75. The first-order valence-corrected chi connectivity index (χ1v) is 8.28. The van der Waals surface area contributed by atoms with E-state index in [1.165, 1.54) is 19.1 Å². The molecule has 0 unspecified atom stereocenters. The van der Waals surface area contributed by atoms with Crippen molar-refractivity contribution in [3.63, 3.8) is 0 Å². The molecule has 2 rings (SSSR count). The van der Waals surface area contributed by atoms with Crippen LogP contribution in [0.3, 0.4) is 0 Å². The molecule has 0 aliphatic rings. The van der Waals surface area contributed by atoms with Gasteiger partial charge in [0.15, 0.2) is 0 Å². The van der Waals surface area contributed by atoms with E-state index in [2.05, 4.69) is 5.10 Å². The summed E-state index contributed by atoms with van der Waals surface area (Å²) >= 11 is 0. The van der Waals surface area contributed by atoms with Crippen LogP contribution >= 0.6 is 0 Å². The van der Waals surface area contributed by atoms with Gasteiger partial charge in [-0.25, -0.2) is 4.79 Å². The monoisotopic (exact) mass is 322 g/mol. The van der Waals surface area contributed by atoms with Gasteiger partial charge < -0.3 is 4.74 Å². The van der Waals surface area contributed by atoms with Gasteiger partial charge in [-0.3, -0.25) is 0 Å². The summed E-state index contributed by atoms with van der Waals surface area (Å²) in [5, 5.41) is 4.01. The van der Waals surface area contributed by atoms with Gasteiger partial charge in [0, 0.05) is 0 Å². The minimum Gasteiger partial charge on any atom is -0.462 e. The van der Waals surface area contributed by atoms with E-state index in [-0.39, 0.29) is 22.8 Å². The van der Waals surface area contributed by atoms with Crippen LogP contribution in [0.4, 0.5) is 0 Å². The second-order valence-electron chi connectivity index (χ2n) is 4.93. The van der Waals surface area contributed by atoms with Crippen molar-refractivity contribution in [3.05, 3.63) is 46.8 Å². The summed E-state index contributed by atoms with van der Waals surface area (Å²) in [6.07, 6.45) is 0. The van der Waals surface area contributed by atoms with Crippen LogP contribution in [0.2, 0.25) is 0 Å². The SMILES string of the molecule is CCOC(=O)c1c(C)nn(S(=O)(=O)c2ccc(C)cc2)c1C. The Balaban J connectivity index is 2.56. The molecular formula is C15H18N2O4S. The molecule has 0 saturated heterocycles. The lowest BCUT2D eigenvalue weighted by Crippen LogP contribution is -2.17. The van der Waals surface area contributed by atoms with Gasteiger partial charge in [0.25, 0.3) is 10.0 Å². The van der Waals surface area contributed by atoms with Crippen LogP contribution in [0.25, 0.3) is 0 Å². The van der Waals surface area contributed by atoms with Crippen molar-refractivity contribution in [2.24, 2.45) is 0 Å². The second-order valence-corrected chi connectivity index (χ2v) is 6.69. The van der Waals surface area contributed by atoms with Crippen LogP contribution in [0.1, 0.15) is 34.2 Å². The fourth-order valence-corrected chi connectivity index (χ4v) is 3.52. The Bertz CT molecular complexity index is 805. The lowest BCUT2D eigenvalue weighted by Gasteiger charge is -2.07. The van der Waals surface area contributed by atoms with Gasteiger partial charge in [0.1, 0.15) is 5.56 Å². The van der Waals surface area contributed by atoms with Crippen LogP contribution in [0.15, 0.2) is 29.2 Å². The van der Waals surface area contributed by atoms with Gasteiger partial charge in [-0.1, -0.05) is 17.7 Å². The Hall–Kier alpha value is -2.15. The van der Waals surface area contributed by atoms with Crippen LogP contribution in [0.5, 0.6) is 0 Å². The molecule has 0 fully saturated rings. The lowest BCUT2D eigenvalue weighted by molar-refractivity contribution is 0.0524. The minimum atomic E-state index is -3.84. The van der Waals surface area contributed by atoms with Crippen molar-refractivity contribution in [1.82, 2.24) is 9.19 Å². The van der Waals surface area contributed by atoms with E-state index in [0.717, 1.165) is 9.65 Å². The van der Waals surface area contributed by atoms with Crippen molar-refractivity contribution in [3.8, 4) is 0 Å². The zero-order chi connectivity index (χ0) is 16.5. The fourth-order valence-electron chi connectivity index (χ4n) is 2.16. The molecule has 0 aliphatic carbocycles. The molecule has 0 atom stereocenters. The van der Waals surface area contributed by atoms with Crippen LogP contribution < -0.4 is 0 Å². The molecule has 0 amide bonds. The van der Waals surface area contributed by atoms with Crippen molar-refractivity contribution in [1.29, 1.82) is 0 Å². The minimum absolute atomic E-state index is 0.124. The molecule has 118 valence electrons. The number of aryl methyl sites for hydroxylation is 2. The highest BCUT2D eigenvalue weighted by atomic mass is 32.2. The summed E-state index contributed by atoms with van der Waals surface area (Å²) in [7, 11) is -3.84. The Labute approximate surface area is 129 Å². The molecule has 22 heavy (non-hydrogen) atoms. The van der Waals surface area contributed by atoms with E-state index in [1.54, 1.807) is 26.0 Å². The third kappa shape index (κ3) is 2.76. The first-order valence-electron chi connectivity index (χ1n) is 6.84. The zero-order valence-corrected chi connectivity index (χ0v) is 13.8. The van der Waals surface area contributed by atoms with E-state index in [1.807, 2.05) is 6.92 Å². The Morgan fingerprint density at radius 3 is 2.32 bits per heavy atom. The van der Waals surface area contributed by atoms with Crippen molar-refractivity contribution in [2.45, 2.75) is 32.6 Å². The molecule has 0 bridgehead atoms. The number of benzene rings is 1. The number of hydrogen-bond donors (Lipinski definition) is 0. The summed E-state index contributed by atoms with van der Waals surface area (Å²) < 4.78 is 31.2. The maximum atomic E-state index is 12.7. The van der Waals surface area contributed by atoms with Crippen LogP contribution in [0, 0.1) is 20.8 Å². The molecule has 7 heteroatoms. The number of hydrogen-bond acceptors (Lipinski definition) is 5. The quantitative estimate of drug-likeness (QED) is 0.807. The third-order valence-electron chi connectivity index (χ3n) is 3.28. The van der Waals surface area contributed by atoms with Gasteiger partial charge in [-0.15, -0.1) is 0 Å². The Morgan fingerprint density at radius 1 is 1.18 bits per heavy atom. The summed E-state index contributed by atoms with van der Waals surface area (Å²) in [4.78, 5) is 12.1. The highest BCUT2D eigenvalue weighted by Gasteiger charge is 2.27. The van der Waals surface area contributed by atoms with Gasteiger partial charge >= 0.3 is 5.97 Å². The summed E-state index contributed by atoms with van der Waals surface area (Å²) in [6, 6.07) is 6.46. The molecule has 0 spiro atoms. The zero-order valence-electron chi connectivity index (χ0n) is 13.0. The molecule has 0 saturated carbocycles. The molecule has 6 nitrogen and oxygen atoms in total. The summed E-state index contributed by atoms with van der Waals surface area (Å²) in [6.45, 7) is 6.90. The number of rotatable bonds is 4. The molecule has 1 heterocycles. The van der Waals surface area contributed by atoms with Crippen molar-refractivity contribution < 1.29 is 17.9 Å². The van der Waals surface area contributed by atoms with Crippen molar-refractivity contribution >= 4 is 16.0 Å². The first-order chi connectivity index (χ1) is 10.3. The standard InChI is InChI=1S/C15H18N2O4S/c1-5-21-15(18)14-11(3)16-17(12(14)4)22(19,20)13-8-6-10(2)7-9-13/h6-9H,5H2,1-4H3. The van der Waals surface area contributed by atoms with Gasteiger partial charge in [-0.2, -0.15) is 17.6 Å². The van der Waals surface area contributed by atoms with Crippen LogP contribution in [-0.2, 0) is 14.8 Å². The number of esters is 1. The third-order valence-corrected chi connectivity index (χ3v) is 4.96. The number of aromatic nitrogens is 2. The maximum absolute atomic E-state index is 12.7. The smallest absolute Gasteiger partial charge is 0.341 e. The molecule has 1 aromatic carbocycles. The van der Waals surface area contributed by atoms with Crippen LogP contribution in [-0.4, -0.2) is 30.2 Å². The fraction of sp³-hybridized carbons (Fsp3) is 0.333. The molecule has 0 aliphatic heterocycles. The largest absolute Gasteiger partial charge is 0.462 e. The van der Waals surface area contributed by atoms with Gasteiger partial charge in [0.2, 0.25) is 0 Å². The molecule has 1 aromatic heterocycles. The second kappa shape index (κ2) is 5.92. The topological polar surface area (TPSA) is 78.3 Å². The Kier molecular flexibility index (Phi) is 4.37. The maximum Gasteiger partial charge on any atom is 0.341 e. The number of nitrogens with zero attached hydrogens (tertiary/aromatic N) is 2. The summed E-state index contributed by atoms with van der Waals surface area (Å²) in [5.74, 6) is -0.567. The van der Waals surface area contributed by atoms with E-state index in [9.17, 15) is 13.2 Å². The predicted octanol–water partition coefficient (Wildman–Crippen LogP) is 2.22. The first kappa shape index (κ1) is 16.2. The highest BCUT2D eigenvalue weighted by Crippen LogP contribution is 2.21. The molecule has 2 aromatic rings. The van der Waals surface area contributed by atoms with Gasteiger partial charge in [-0.05, 0) is 39.8 Å². The van der Waals surface area contributed by atoms with E-state index in [4.69, 9.17) is 4.74 Å². The lowest BCUT2D eigenvalue weighted by atomic mass is 10.2. The van der Waals surface area contributed by atoms with E-state index < -0.39 is 16.0 Å². The Morgan fingerprint density at radius 2 is 1.77 bits per heavy atom. The van der Waals surface area contributed by atoms with Crippen molar-refractivity contribution in [2.75, 3.05) is 6.61 Å². The average molecular weight is 322 g/mol. The number of carbonyl (C=O) groups excluding carboxylic acids is 1. The highest BCUT2D eigenvalue weighted by molar-refractivity contribution is 7.89. The van der Waals surface area contributed by atoms with E-state index in [0.29, 0.717) is 5.69 Å². The molecule has 0 N–H and O–H groups in total.